The third-order valence-corrected chi connectivity index (χ3v) is 5.49. The summed E-state index contributed by atoms with van der Waals surface area (Å²) in [6.45, 7) is 0.419. The summed E-state index contributed by atoms with van der Waals surface area (Å²) in [5.74, 6) is 0. The van der Waals surface area contributed by atoms with E-state index in [0.29, 0.717) is 24.3 Å². The van der Waals surface area contributed by atoms with Crippen molar-refractivity contribution in [3.05, 3.63) is 66.4 Å². The molecule has 23 heavy (non-hydrogen) atoms. The largest absolute Gasteiger partial charge is 0.346 e. The third-order valence-electron chi connectivity index (χ3n) is 3.90. The van der Waals surface area contributed by atoms with Crippen LogP contribution in [-0.4, -0.2) is 29.4 Å². The van der Waals surface area contributed by atoms with E-state index in [4.69, 9.17) is 0 Å². The molecule has 1 aliphatic rings. The lowest BCUT2D eigenvalue weighted by Crippen LogP contribution is -2.34. The molecule has 3 aromatic rings. The Hall–Kier alpha value is -2.67. The molecule has 0 bridgehead atoms. The van der Waals surface area contributed by atoms with E-state index >= 15 is 0 Å². The second-order valence-electron chi connectivity index (χ2n) is 5.30. The van der Waals surface area contributed by atoms with Gasteiger partial charge in [-0.1, -0.05) is 53.7 Å². The zero-order valence-electron chi connectivity index (χ0n) is 12.2. The van der Waals surface area contributed by atoms with E-state index in [2.05, 4.69) is 10.3 Å². The third kappa shape index (κ3) is 2.29. The van der Waals surface area contributed by atoms with E-state index in [1.165, 1.54) is 10.5 Å². The van der Waals surface area contributed by atoms with Gasteiger partial charge in [-0.05, 0) is 18.1 Å². The van der Waals surface area contributed by atoms with Crippen LogP contribution in [0.3, 0.4) is 0 Å². The second kappa shape index (κ2) is 5.20. The number of nitrogens with zero attached hydrogens (tertiary/aromatic N) is 4. The van der Waals surface area contributed by atoms with Gasteiger partial charge in [0.1, 0.15) is 5.69 Å². The summed E-state index contributed by atoms with van der Waals surface area (Å²) in [7, 11) is -3.76. The summed E-state index contributed by atoms with van der Waals surface area (Å²) < 4.78 is 28.0. The lowest BCUT2D eigenvalue weighted by molar-refractivity contribution is 0.573. The van der Waals surface area contributed by atoms with Crippen molar-refractivity contribution < 1.29 is 8.42 Å². The van der Waals surface area contributed by atoms with E-state index in [1.807, 2.05) is 54.6 Å². The molecule has 0 amide bonds. The molecule has 6 nitrogen and oxygen atoms in total. The highest BCUT2D eigenvalue weighted by atomic mass is 32.2. The molecule has 1 aromatic heterocycles. The number of hydrogen-bond acceptors (Lipinski definition) is 4. The summed E-state index contributed by atoms with van der Waals surface area (Å²) in [4.78, 5) is 0. The first-order chi connectivity index (χ1) is 11.2. The number of benzene rings is 2. The molecule has 0 saturated heterocycles. The average Bonchev–Trinajstić information content (AvgIpc) is 3.23. The smallest absolute Gasteiger partial charge is 0.251 e. The maximum absolute atomic E-state index is 12.8. The SMILES string of the molecule is O=S(=O)(N1CCc2ccccc21)n1cc(-c2ccccc2)nn1. The molecule has 4 rings (SSSR count). The first kappa shape index (κ1) is 14.0. The minimum absolute atomic E-state index is 0.419. The Morgan fingerprint density at radius 2 is 1.70 bits per heavy atom. The van der Waals surface area contributed by atoms with Crippen LogP contribution in [0.25, 0.3) is 11.3 Å². The van der Waals surface area contributed by atoms with Gasteiger partial charge in [0.2, 0.25) is 0 Å². The minimum Gasteiger partial charge on any atom is -0.251 e. The normalized spacial score (nSPS) is 14.0. The summed E-state index contributed by atoms with van der Waals surface area (Å²) >= 11 is 0. The number of aromatic nitrogens is 3. The van der Waals surface area contributed by atoms with Crippen LogP contribution in [0.2, 0.25) is 0 Å². The van der Waals surface area contributed by atoms with Gasteiger partial charge < -0.3 is 0 Å². The van der Waals surface area contributed by atoms with Gasteiger partial charge >= 0.3 is 10.2 Å². The van der Waals surface area contributed by atoms with Gasteiger partial charge in [-0.25, -0.2) is 0 Å². The van der Waals surface area contributed by atoms with Crippen molar-refractivity contribution in [2.75, 3.05) is 10.8 Å². The van der Waals surface area contributed by atoms with E-state index in [-0.39, 0.29) is 0 Å². The fourth-order valence-electron chi connectivity index (χ4n) is 2.75. The topological polar surface area (TPSA) is 68.1 Å². The predicted molar refractivity (Wildman–Crippen MR) is 87.3 cm³/mol. The van der Waals surface area contributed by atoms with Crippen molar-refractivity contribution in [3.63, 3.8) is 0 Å². The molecule has 0 fully saturated rings. The molecule has 1 aliphatic heterocycles. The Labute approximate surface area is 134 Å². The maximum atomic E-state index is 12.8. The quantitative estimate of drug-likeness (QED) is 0.739. The summed E-state index contributed by atoms with van der Waals surface area (Å²) in [6, 6.07) is 16.9. The van der Waals surface area contributed by atoms with Gasteiger partial charge in [0, 0.05) is 12.1 Å². The number of hydrogen-bond donors (Lipinski definition) is 0. The van der Waals surface area contributed by atoms with Crippen molar-refractivity contribution in [1.82, 2.24) is 14.4 Å². The van der Waals surface area contributed by atoms with Gasteiger partial charge in [0.25, 0.3) is 0 Å². The fraction of sp³-hybridized carbons (Fsp3) is 0.125. The number of fused-ring (bicyclic) bond motifs is 1. The van der Waals surface area contributed by atoms with Gasteiger partial charge in [-0.2, -0.15) is 8.42 Å². The molecule has 0 aliphatic carbocycles. The summed E-state index contributed by atoms with van der Waals surface area (Å²) in [5, 5.41) is 7.81. The molecule has 2 heterocycles. The first-order valence-electron chi connectivity index (χ1n) is 7.25. The number of rotatable bonds is 3. The first-order valence-corrected chi connectivity index (χ1v) is 8.65. The minimum atomic E-state index is -3.76. The highest BCUT2D eigenvalue weighted by molar-refractivity contribution is 7.91. The van der Waals surface area contributed by atoms with Crippen LogP contribution in [0.5, 0.6) is 0 Å². The van der Waals surface area contributed by atoms with Crippen LogP contribution in [0.4, 0.5) is 5.69 Å². The Morgan fingerprint density at radius 1 is 0.957 bits per heavy atom. The van der Waals surface area contributed by atoms with Crippen molar-refractivity contribution in [1.29, 1.82) is 0 Å². The van der Waals surface area contributed by atoms with Crippen LogP contribution in [-0.2, 0) is 16.6 Å². The van der Waals surface area contributed by atoms with Gasteiger partial charge in [0.05, 0.1) is 11.9 Å². The monoisotopic (exact) mass is 326 g/mol. The van der Waals surface area contributed by atoms with Gasteiger partial charge in [0.15, 0.2) is 0 Å². The highest BCUT2D eigenvalue weighted by Crippen LogP contribution is 2.30. The van der Waals surface area contributed by atoms with Crippen LogP contribution in [0, 0.1) is 0 Å². The Morgan fingerprint density at radius 3 is 2.52 bits per heavy atom. The van der Waals surface area contributed by atoms with Crippen LogP contribution >= 0.6 is 0 Å². The summed E-state index contributed by atoms with van der Waals surface area (Å²) in [6.07, 6.45) is 2.15. The van der Waals surface area contributed by atoms with E-state index in [1.54, 1.807) is 0 Å². The molecule has 0 spiro atoms. The standard InChI is InChI=1S/C16H14N4O2S/c21-23(22,19-11-10-14-8-4-5-9-16(14)19)20-12-15(17-18-20)13-6-2-1-3-7-13/h1-9,12H,10-11H2. The van der Waals surface area contributed by atoms with Crippen molar-refractivity contribution >= 4 is 15.9 Å². The molecule has 7 heteroatoms. The molecule has 116 valence electrons. The molecule has 0 atom stereocenters. The van der Waals surface area contributed by atoms with Crippen molar-refractivity contribution in [3.8, 4) is 11.3 Å². The van der Waals surface area contributed by atoms with Crippen LogP contribution in [0.15, 0.2) is 60.8 Å². The Balaban J connectivity index is 1.72. The van der Waals surface area contributed by atoms with Gasteiger partial charge in [-0.3, -0.25) is 4.31 Å². The predicted octanol–water partition coefficient (Wildman–Crippen LogP) is 2.10. The van der Waals surface area contributed by atoms with E-state index in [9.17, 15) is 8.42 Å². The molecule has 0 N–H and O–H groups in total. The maximum Gasteiger partial charge on any atom is 0.346 e. The number of para-hydroxylation sites is 1. The zero-order chi connectivity index (χ0) is 15.9. The molecule has 2 aromatic carbocycles. The zero-order valence-corrected chi connectivity index (χ0v) is 13.0. The molecule has 0 unspecified atom stereocenters. The lowest BCUT2D eigenvalue weighted by atomic mass is 10.2. The van der Waals surface area contributed by atoms with Crippen molar-refractivity contribution in [2.24, 2.45) is 0 Å². The van der Waals surface area contributed by atoms with E-state index < -0.39 is 10.2 Å². The van der Waals surface area contributed by atoms with E-state index in [0.717, 1.165) is 15.2 Å². The van der Waals surface area contributed by atoms with Crippen molar-refractivity contribution in [2.45, 2.75) is 6.42 Å². The Kier molecular flexibility index (Phi) is 3.16. The Bertz CT molecular complexity index is 951. The average molecular weight is 326 g/mol. The molecular formula is C16H14N4O2S. The highest BCUT2D eigenvalue weighted by Gasteiger charge is 2.31. The molecule has 0 saturated carbocycles. The number of anilines is 1. The second-order valence-corrected chi connectivity index (χ2v) is 7.01. The van der Waals surface area contributed by atoms with Gasteiger partial charge in [-0.15, -0.1) is 9.19 Å². The fourth-order valence-corrected chi connectivity index (χ4v) is 4.06. The molecular weight excluding hydrogens is 312 g/mol. The lowest BCUT2D eigenvalue weighted by Gasteiger charge is -2.18. The summed E-state index contributed by atoms with van der Waals surface area (Å²) in [5.41, 5.74) is 3.10. The molecule has 0 radical (unpaired) electrons. The van der Waals surface area contributed by atoms with Crippen LogP contribution in [0.1, 0.15) is 5.56 Å². The van der Waals surface area contributed by atoms with Crippen LogP contribution < -0.4 is 4.31 Å².